The first-order chi connectivity index (χ1) is 10.2. The second-order valence-electron chi connectivity index (χ2n) is 6.43. The third kappa shape index (κ3) is 3.67. The maximum absolute atomic E-state index is 6.30. The molecule has 2 N–H and O–H groups in total. The monoisotopic (exact) mass is 326 g/mol. The van der Waals surface area contributed by atoms with E-state index in [-0.39, 0.29) is 12.4 Å². The molecule has 0 amide bonds. The van der Waals surface area contributed by atoms with Gasteiger partial charge in [0.1, 0.15) is 11.5 Å². The van der Waals surface area contributed by atoms with Crippen LogP contribution in [0.4, 0.5) is 0 Å². The molecule has 124 valence electrons. The molecule has 1 saturated carbocycles. The van der Waals surface area contributed by atoms with Crippen LogP contribution >= 0.6 is 12.4 Å². The number of nitrogens with two attached hydrogens (primary N) is 1. The lowest BCUT2D eigenvalue weighted by molar-refractivity contribution is 0.259. The van der Waals surface area contributed by atoms with Gasteiger partial charge in [0.15, 0.2) is 0 Å². The third-order valence-corrected chi connectivity index (χ3v) is 5.05. The predicted octanol–water partition coefficient (Wildman–Crippen LogP) is 2.68. The average Bonchev–Trinajstić information content (AvgIpc) is 2.90. The number of methoxy groups -OCH3 is 2. The van der Waals surface area contributed by atoms with Gasteiger partial charge in [-0.1, -0.05) is 6.42 Å². The molecule has 3 atom stereocenters. The Bertz CT molecular complexity index is 475. The molecule has 2 fully saturated rings. The van der Waals surface area contributed by atoms with Crippen LogP contribution in [0.15, 0.2) is 18.2 Å². The molecule has 1 aliphatic carbocycles. The molecular weight excluding hydrogens is 300 g/mol. The first kappa shape index (κ1) is 17.4. The molecule has 1 aromatic carbocycles. The Morgan fingerprint density at radius 2 is 1.77 bits per heavy atom. The Morgan fingerprint density at radius 1 is 1.09 bits per heavy atom. The molecule has 0 bridgehead atoms. The summed E-state index contributed by atoms with van der Waals surface area (Å²) in [4.78, 5) is 2.54. The van der Waals surface area contributed by atoms with Crippen LogP contribution in [-0.4, -0.2) is 38.3 Å². The fourth-order valence-corrected chi connectivity index (χ4v) is 3.95. The van der Waals surface area contributed by atoms with Gasteiger partial charge in [-0.3, -0.25) is 4.90 Å². The Hall–Kier alpha value is -0.970. The Labute approximate surface area is 139 Å². The molecule has 0 radical (unpaired) electrons. The number of nitrogens with zero attached hydrogens (tertiary/aromatic N) is 1. The molecule has 1 saturated heterocycles. The van der Waals surface area contributed by atoms with Crippen molar-refractivity contribution in [3.8, 4) is 11.5 Å². The lowest BCUT2D eigenvalue weighted by Crippen LogP contribution is -2.38. The highest BCUT2D eigenvalue weighted by Gasteiger charge is 2.38. The van der Waals surface area contributed by atoms with Crippen LogP contribution < -0.4 is 15.2 Å². The zero-order valence-corrected chi connectivity index (χ0v) is 14.3. The van der Waals surface area contributed by atoms with Gasteiger partial charge in [-0.25, -0.2) is 0 Å². The summed E-state index contributed by atoms with van der Waals surface area (Å²) in [7, 11) is 3.39. The average molecular weight is 327 g/mol. The van der Waals surface area contributed by atoms with Crippen LogP contribution in [0.25, 0.3) is 0 Å². The van der Waals surface area contributed by atoms with Crippen molar-refractivity contribution in [3.05, 3.63) is 23.8 Å². The minimum absolute atomic E-state index is 0. The molecule has 3 unspecified atom stereocenters. The molecule has 1 aromatic rings. The highest BCUT2D eigenvalue weighted by molar-refractivity contribution is 5.85. The lowest BCUT2D eigenvalue weighted by atomic mass is 9.78. The molecule has 4 nitrogen and oxygen atoms in total. The van der Waals surface area contributed by atoms with Crippen LogP contribution in [-0.2, 0) is 6.54 Å². The van der Waals surface area contributed by atoms with Gasteiger partial charge >= 0.3 is 0 Å². The van der Waals surface area contributed by atoms with E-state index < -0.39 is 0 Å². The Balaban J connectivity index is 0.00000176. The zero-order chi connectivity index (χ0) is 14.8. The molecule has 22 heavy (non-hydrogen) atoms. The molecule has 2 aliphatic rings. The van der Waals surface area contributed by atoms with E-state index in [1.807, 2.05) is 6.07 Å². The van der Waals surface area contributed by atoms with E-state index in [0.29, 0.717) is 12.0 Å². The molecule has 1 heterocycles. The predicted molar refractivity (Wildman–Crippen MR) is 90.9 cm³/mol. The van der Waals surface area contributed by atoms with E-state index in [1.165, 1.54) is 31.4 Å². The minimum Gasteiger partial charge on any atom is -0.497 e. The minimum atomic E-state index is 0. The molecule has 0 aromatic heterocycles. The summed E-state index contributed by atoms with van der Waals surface area (Å²) in [5, 5.41) is 0. The van der Waals surface area contributed by atoms with Crippen molar-refractivity contribution in [1.29, 1.82) is 0 Å². The van der Waals surface area contributed by atoms with E-state index in [2.05, 4.69) is 17.0 Å². The largest absolute Gasteiger partial charge is 0.497 e. The van der Waals surface area contributed by atoms with E-state index in [0.717, 1.165) is 30.5 Å². The number of likely N-dealkylation sites (tertiary alicyclic amines) is 1. The molecule has 3 rings (SSSR count). The van der Waals surface area contributed by atoms with E-state index in [4.69, 9.17) is 15.2 Å². The highest BCUT2D eigenvalue weighted by Crippen LogP contribution is 2.36. The molecule has 0 spiro atoms. The van der Waals surface area contributed by atoms with Crippen molar-refractivity contribution in [2.75, 3.05) is 27.3 Å². The van der Waals surface area contributed by atoms with Gasteiger partial charge < -0.3 is 15.2 Å². The van der Waals surface area contributed by atoms with Crippen LogP contribution in [0.1, 0.15) is 24.8 Å². The van der Waals surface area contributed by atoms with Crippen molar-refractivity contribution in [3.63, 3.8) is 0 Å². The summed E-state index contributed by atoms with van der Waals surface area (Å²) in [6, 6.07) is 6.52. The second-order valence-corrected chi connectivity index (χ2v) is 6.43. The zero-order valence-electron chi connectivity index (χ0n) is 13.5. The smallest absolute Gasteiger partial charge is 0.122 e. The number of hydrogen-bond acceptors (Lipinski definition) is 4. The van der Waals surface area contributed by atoms with Crippen LogP contribution in [0.5, 0.6) is 11.5 Å². The van der Waals surface area contributed by atoms with E-state index >= 15 is 0 Å². The van der Waals surface area contributed by atoms with Gasteiger partial charge in [0.2, 0.25) is 0 Å². The van der Waals surface area contributed by atoms with Crippen molar-refractivity contribution in [2.45, 2.75) is 31.8 Å². The summed E-state index contributed by atoms with van der Waals surface area (Å²) in [6.07, 6.45) is 3.83. The van der Waals surface area contributed by atoms with Gasteiger partial charge in [-0.15, -0.1) is 12.4 Å². The second kappa shape index (κ2) is 7.53. The Kier molecular flexibility index (Phi) is 5.95. The van der Waals surface area contributed by atoms with Crippen LogP contribution in [0.2, 0.25) is 0 Å². The van der Waals surface area contributed by atoms with E-state index in [1.54, 1.807) is 14.2 Å². The van der Waals surface area contributed by atoms with Gasteiger partial charge in [0.25, 0.3) is 0 Å². The maximum Gasteiger partial charge on any atom is 0.122 e. The van der Waals surface area contributed by atoms with Crippen molar-refractivity contribution >= 4 is 12.4 Å². The number of hydrogen-bond donors (Lipinski definition) is 1. The first-order valence-electron chi connectivity index (χ1n) is 7.89. The molecule has 5 heteroatoms. The number of benzene rings is 1. The summed E-state index contributed by atoms with van der Waals surface area (Å²) < 4.78 is 10.7. The Morgan fingerprint density at radius 3 is 2.36 bits per heavy atom. The molecular formula is C17H27ClN2O2. The number of fused-ring (bicyclic) bond motifs is 1. The number of halogens is 1. The maximum atomic E-state index is 6.30. The SMILES string of the molecule is COc1cc(CN2CC3CCCC(N)C3C2)cc(OC)c1.Cl. The quantitative estimate of drug-likeness (QED) is 0.924. The van der Waals surface area contributed by atoms with E-state index in [9.17, 15) is 0 Å². The van der Waals surface area contributed by atoms with Gasteiger partial charge in [-0.2, -0.15) is 0 Å². The van der Waals surface area contributed by atoms with Crippen LogP contribution in [0, 0.1) is 11.8 Å². The van der Waals surface area contributed by atoms with Crippen LogP contribution in [0.3, 0.4) is 0 Å². The molecule has 1 aliphatic heterocycles. The fourth-order valence-electron chi connectivity index (χ4n) is 3.95. The lowest BCUT2D eigenvalue weighted by Gasteiger charge is -2.29. The first-order valence-corrected chi connectivity index (χ1v) is 7.89. The summed E-state index contributed by atoms with van der Waals surface area (Å²) in [5.41, 5.74) is 7.55. The number of ether oxygens (including phenoxy) is 2. The normalized spacial score (nSPS) is 27.9. The van der Waals surface area contributed by atoms with Gasteiger partial charge in [0.05, 0.1) is 14.2 Å². The third-order valence-electron chi connectivity index (χ3n) is 5.05. The van der Waals surface area contributed by atoms with Gasteiger partial charge in [0, 0.05) is 31.7 Å². The number of rotatable bonds is 4. The highest BCUT2D eigenvalue weighted by atomic mass is 35.5. The summed E-state index contributed by atoms with van der Waals surface area (Å²) >= 11 is 0. The fraction of sp³-hybridized carbons (Fsp3) is 0.647. The van der Waals surface area contributed by atoms with Crippen molar-refractivity contribution < 1.29 is 9.47 Å². The summed E-state index contributed by atoms with van der Waals surface area (Å²) in [5.74, 6) is 3.20. The topological polar surface area (TPSA) is 47.7 Å². The van der Waals surface area contributed by atoms with Crippen molar-refractivity contribution in [1.82, 2.24) is 4.90 Å². The van der Waals surface area contributed by atoms with Gasteiger partial charge in [-0.05, 0) is 42.4 Å². The summed E-state index contributed by atoms with van der Waals surface area (Å²) in [6.45, 7) is 3.26. The standard InChI is InChI=1S/C17H26N2O2.ClH/c1-20-14-6-12(7-15(8-14)21-2)9-19-10-13-4-3-5-17(18)16(13)11-19;/h6-8,13,16-17H,3-5,9-11,18H2,1-2H3;1H. The van der Waals surface area contributed by atoms with Crippen molar-refractivity contribution in [2.24, 2.45) is 17.6 Å².